The molecule has 1 aromatic heterocycles. The van der Waals surface area contributed by atoms with Gasteiger partial charge in [-0.25, -0.2) is 4.98 Å². The van der Waals surface area contributed by atoms with Crippen LogP contribution in [0.5, 0.6) is 0 Å². The Kier molecular flexibility index (Phi) is 4.05. The number of aromatic nitrogens is 1. The molecule has 0 aliphatic heterocycles. The summed E-state index contributed by atoms with van der Waals surface area (Å²) in [5.74, 6) is -0.455. The van der Waals surface area contributed by atoms with Crippen LogP contribution in [-0.4, -0.2) is 16.0 Å². The van der Waals surface area contributed by atoms with Crippen LogP contribution in [0.25, 0.3) is 5.57 Å². The van der Waals surface area contributed by atoms with Gasteiger partial charge in [0.25, 0.3) is 5.91 Å². The monoisotopic (exact) mass is 314 g/mol. The second-order valence-corrected chi connectivity index (χ2v) is 7.79. The first-order chi connectivity index (χ1) is 10.8. The highest BCUT2D eigenvalue weighted by Gasteiger charge is 2.35. The second kappa shape index (κ2) is 5.75. The molecule has 1 fully saturated rings. The molecule has 0 spiro atoms. The zero-order chi connectivity index (χ0) is 16.7. The number of carbonyl (C=O) groups is 1. The minimum Gasteiger partial charge on any atom is -0.384 e. The van der Waals surface area contributed by atoms with Crippen molar-refractivity contribution in [2.24, 2.45) is 11.1 Å². The summed E-state index contributed by atoms with van der Waals surface area (Å²) >= 11 is 0. The molecular formula is C19H26N2O2. The number of nitrogens with zero attached hydrogens (tertiary/aromatic N) is 1. The fraction of sp³-hybridized carbons (Fsp3) is 0.579. The Morgan fingerprint density at radius 1 is 1.22 bits per heavy atom. The number of amides is 1. The van der Waals surface area contributed by atoms with Gasteiger partial charge in [0, 0.05) is 0 Å². The summed E-state index contributed by atoms with van der Waals surface area (Å²) < 4.78 is 0. The SMILES string of the molecule is CC1(C)CC=C(c2nc(C3(O)CCCC3)ccc2C(N)=O)CC1. The number of nitrogens with two attached hydrogens (primary N) is 1. The molecule has 1 amide bonds. The molecule has 0 saturated heterocycles. The van der Waals surface area contributed by atoms with Gasteiger partial charge in [-0.15, -0.1) is 0 Å². The molecule has 3 rings (SSSR count). The normalized spacial score (nSPS) is 22.7. The fourth-order valence-corrected chi connectivity index (χ4v) is 3.67. The van der Waals surface area contributed by atoms with Gasteiger partial charge in [-0.05, 0) is 55.2 Å². The van der Waals surface area contributed by atoms with E-state index in [2.05, 4.69) is 19.9 Å². The first-order valence-corrected chi connectivity index (χ1v) is 8.54. The predicted octanol–water partition coefficient (Wildman–Crippen LogP) is 3.54. The lowest BCUT2D eigenvalue weighted by molar-refractivity contribution is 0.0398. The summed E-state index contributed by atoms with van der Waals surface area (Å²) in [5.41, 5.74) is 7.88. The molecule has 1 aromatic rings. The van der Waals surface area contributed by atoms with Gasteiger partial charge in [-0.3, -0.25) is 4.79 Å². The van der Waals surface area contributed by atoms with E-state index in [1.807, 2.05) is 0 Å². The number of allylic oxidation sites excluding steroid dienone is 2. The van der Waals surface area contributed by atoms with Crippen molar-refractivity contribution in [1.29, 1.82) is 0 Å². The molecule has 0 aromatic carbocycles. The number of carbonyl (C=O) groups excluding carboxylic acids is 1. The number of aliphatic hydroxyl groups is 1. The number of primary amides is 1. The summed E-state index contributed by atoms with van der Waals surface area (Å²) in [6.45, 7) is 4.50. The van der Waals surface area contributed by atoms with Gasteiger partial charge in [0.05, 0.1) is 17.0 Å². The van der Waals surface area contributed by atoms with Crippen molar-refractivity contribution in [2.75, 3.05) is 0 Å². The lowest BCUT2D eigenvalue weighted by Crippen LogP contribution is -2.25. The molecule has 0 radical (unpaired) electrons. The van der Waals surface area contributed by atoms with Crippen molar-refractivity contribution in [3.05, 3.63) is 35.2 Å². The van der Waals surface area contributed by atoms with Crippen LogP contribution in [0, 0.1) is 5.41 Å². The van der Waals surface area contributed by atoms with E-state index in [0.717, 1.165) is 50.5 Å². The molecule has 3 N–H and O–H groups in total. The van der Waals surface area contributed by atoms with E-state index in [1.165, 1.54) is 0 Å². The Balaban J connectivity index is 2.03. The lowest BCUT2D eigenvalue weighted by Gasteiger charge is -2.29. The van der Waals surface area contributed by atoms with Crippen LogP contribution in [-0.2, 0) is 5.60 Å². The minimum atomic E-state index is -0.848. The molecule has 1 saturated carbocycles. The first-order valence-electron chi connectivity index (χ1n) is 8.54. The highest BCUT2D eigenvalue weighted by Crippen LogP contribution is 2.41. The van der Waals surface area contributed by atoms with E-state index >= 15 is 0 Å². The average Bonchev–Trinajstić information content (AvgIpc) is 2.95. The van der Waals surface area contributed by atoms with Crippen molar-refractivity contribution in [2.45, 2.75) is 64.4 Å². The summed E-state index contributed by atoms with van der Waals surface area (Å²) in [4.78, 5) is 16.5. The molecule has 23 heavy (non-hydrogen) atoms. The van der Waals surface area contributed by atoms with Crippen LogP contribution < -0.4 is 5.73 Å². The third-order valence-electron chi connectivity index (χ3n) is 5.34. The van der Waals surface area contributed by atoms with E-state index in [-0.39, 0.29) is 5.41 Å². The molecule has 0 atom stereocenters. The van der Waals surface area contributed by atoms with E-state index < -0.39 is 11.5 Å². The maximum Gasteiger partial charge on any atom is 0.250 e. The quantitative estimate of drug-likeness (QED) is 0.896. The van der Waals surface area contributed by atoms with Gasteiger partial charge < -0.3 is 10.8 Å². The standard InChI is InChI=1S/C19H26N2O2/c1-18(2)11-7-13(8-12-18)16-14(17(20)22)5-6-15(21-16)19(23)9-3-4-10-19/h5-7,23H,3-4,8-12H2,1-2H3,(H2,20,22). The zero-order valence-electron chi connectivity index (χ0n) is 14.1. The van der Waals surface area contributed by atoms with Gasteiger partial charge in [-0.2, -0.15) is 0 Å². The van der Waals surface area contributed by atoms with Crippen LogP contribution in [0.4, 0.5) is 0 Å². The third-order valence-corrected chi connectivity index (χ3v) is 5.34. The van der Waals surface area contributed by atoms with Gasteiger partial charge in [0.15, 0.2) is 0 Å². The minimum absolute atomic E-state index is 0.289. The van der Waals surface area contributed by atoms with E-state index in [4.69, 9.17) is 10.7 Å². The Bertz CT molecular complexity index is 655. The number of rotatable bonds is 3. The lowest BCUT2D eigenvalue weighted by atomic mass is 9.77. The van der Waals surface area contributed by atoms with E-state index in [9.17, 15) is 9.90 Å². The summed E-state index contributed by atoms with van der Waals surface area (Å²) in [6.07, 6.45) is 8.61. The van der Waals surface area contributed by atoms with Gasteiger partial charge >= 0.3 is 0 Å². The predicted molar refractivity (Wildman–Crippen MR) is 90.7 cm³/mol. The molecule has 4 heteroatoms. The Morgan fingerprint density at radius 3 is 2.48 bits per heavy atom. The molecule has 1 heterocycles. The maximum absolute atomic E-state index is 11.8. The smallest absolute Gasteiger partial charge is 0.250 e. The molecule has 124 valence electrons. The van der Waals surface area contributed by atoms with Gasteiger partial charge in [-0.1, -0.05) is 32.8 Å². The molecule has 0 bridgehead atoms. The first kappa shape index (κ1) is 16.2. The fourth-order valence-electron chi connectivity index (χ4n) is 3.67. The van der Waals surface area contributed by atoms with Crippen molar-refractivity contribution >= 4 is 11.5 Å². The van der Waals surface area contributed by atoms with Crippen LogP contribution in [0.2, 0.25) is 0 Å². The topological polar surface area (TPSA) is 76.2 Å². The largest absolute Gasteiger partial charge is 0.384 e. The highest BCUT2D eigenvalue weighted by atomic mass is 16.3. The summed E-state index contributed by atoms with van der Waals surface area (Å²) in [5, 5.41) is 10.8. The Labute approximate surface area is 137 Å². The van der Waals surface area contributed by atoms with Crippen LogP contribution >= 0.6 is 0 Å². The Morgan fingerprint density at radius 2 is 1.91 bits per heavy atom. The zero-order valence-corrected chi connectivity index (χ0v) is 14.1. The van der Waals surface area contributed by atoms with Gasteiger partial charge in [0.2, 0.25) is 0 Å². The van der Waals surface area contributed by atoms with Crippen molar-refractivity contribution < 1.29 is 9.90 Å². The maximum atomic E-state index is 11.8. The molecule has 4 nitrogen and oxygen atoms in total. The molecule has 2 aliphatic rings. The number of hydrogen-bond acceptors (Lipinski definition) is 3. The second-order valence-electron chi connectivity index (χ2n) is 7.79. The molecule has 0 unspecified atom stereocenters. The third kappa shape index (κ3) is 3.18. The highest BCUT2D eigenvalue weighted by molar-refractivity contribution is 5.97. The van der Waals surface area contributed by atoms with Crippen LogP contribution in [0.3, 0.4) is 0 Å². The molecule has 2 aliphatic carbocycles. The van der Waals surface area contributed by atoms with E-state index in [1.54, 1.807) is 12.1 Å². The summed E-state index contributed by atoms with van der Waals surface area (Å²) in [7, 11) is 0. The van der Waals surface area contributed by atoms with Gasteiger partial charge in [0.1, 0.15) is 5.60 Å². The van der Waals surface area contributed by atoms with Crippen molar-refractivity contribution in [3.8, 4) is 0 Å². The summed E-state index contributed by atoms with van der Waals surface area (Å²) in [6, 6.07) is 3.50. The van der Waals surface area contributed by atoms with Crippen molar-refractivity contribution in [3.63, 3.8) is 0 Å². The van der Waals surface area contributed by atoms with E-state index in [0.29, 0.717) is 17.0 Å². The molecular weight excluding hydrogens is 288 g/mol. The number of pyridine rings is 1. The average molecular weight is 314 g/mol. The Hall–Kier alpha value is -1.68. The number of hydrogen-bond donors (Lipinski definition) is 2. The van der Waals surface area contributed by atoms with Crippen molar-refractivity contribution in [1.82, 2.24) is 4.98 Å². The van der Waals surface area contributed by atoms with Crippen LogP contribution in [0.15, 0.2) is 18.2 Å². The van der Waals surface area contributed by atoms with Crippen LogP contribution in [0.1, 0.15) is 80.5 Å².